The van der Waals surface area contributed by atoms with Gasteiger partial charge in [-0.25, -0.2) is 0 Å². The molecule has 0 heterocycles. The summed E-state index contributed by atoms with van der Waals surface area (Å²) in [4.78, 5) is 2.52. The number of rotatable bonds is 2. The lowest BCUT2D eigenvalue weighted by Gasteiger charge is -1.68. The third-order valence-corrected chi connectivity index (χ3v) is 0.417. The van der Waals surface area contributed by atoms with Crippen LogP contribution in [0.15, 0.2) is 17.3 Å². The molecule has 0 fully saturated rings. The topological polar surface area (TPSA) is 48.8 Å². The summed E-state index contributed by atoms with van der Waals surface area (Å²) in [6, 6.07) is 0. The van der Waals surface area contributed by atoms with Crippen LogP contribution in [0.1, 0.15) is 0 Å². The Kier molecular flexibility index (Phi) is 4.36. The van der Waals surface area contributed by atoms with Crippen molar-refractivity contribution in [2.24, 2.45) is 5.11 Å². The molecule has 0 aliphatic heterocycles. The van der Waals surface area contributed by atoms with E-state index >= 15 is 0 Å². The Balaban J connectivity index is 3.15. The van der Waals surface area contributed by atoms with E-state index in [0.29, 0.717) is 6.54 Å². The van der Waals surface area contributed by atoms with Crippen molar-refractivity contribution in [3.8, 4) is 0 Å². The summed E-state index contributed by atoms with van der Waals surface area (Å²) in [7, 11) is 0. The zero-order valence-electron chi connectivity index (χ0n) is 3.91. The highest BCUT2D eigenvalue weighted by atomic mass is 15.1. The Morgan fingerprint density at radius 2 is 2.57 bits per heavy atom. The lowest BCUT2D eigenvalue weighted by molar-refractivity contribution is 1.21. The maximum absolute atomic E-state index is 7.70. The fourth-order valence-corrected chi connectivity index (χ4v) is 0.158. The van der Waals surface area contributed by atoms with Crippen LogP contribution in [-0.2, 0) is 0 Å². The van der Waals surface area contributed by atoms with Crippen LogP contribution in [0.3, 0.4) is 0 Å². The van der Waals surface area contributed by atoms with Crippen molar-refractivity contribution in [3.63, 3.8) is 0 Å². The summed E-state index contributed by atoms with van der Waals surface area (Å²) < 4.78 is 0. The van der Waals surface area contributed by atoms with Gasteiger partial charge in [-0.2, -0.15) is 0 Å². The molecule has 0 saturated heterocycles. The van der Waals surface area contributed by atoms with Gasteiger partial charge in [0, 0.05) is 11.5 Å². The summed E-state index contributed by atoms with van der Waals surface area (Å²) in [6.45, 7) is 3.80. The number of allylic oxidation sites excluding steroid dienone is 1. The van der Waals surface area contributed by atoms with E-state index in [-0.39, 0.29) is 0 Å². The molecule has 0 saturated carbocycles. The minimum atomic E-state index is 0.403. The van der Waals surface area contributed by atoms with Gasteiger partial charge in [0.05, 0.1) is 0 Å². The van der Waals surface area contributed by atoms with Gasteiger partial charge in [-0.15, -0.1) is 0 Å². The van der Waals surface area contributed by atoms with Gasteiger partial charge in [-0.3, -0.25) is 0 Å². The van der Waals surface area contributed by atoms with E-state index in [2.05, 4.69) is 16.9 Å². The molecule has 0 aromatic carbocycles. The summed E-state index contributed by atoms with van der Waals surface area (Å²) >= 11 is 0. The summed E-state index contributed by atoms with van der Waals surface area (Å²) in [5.74, 6) is 0. The highest BCUT2D eigenvalue weighted by molar-refractivity contribution is 4.85. The molecule has 0 spiro atoms. The van der Waals surface area contributed by atoms with Gasteiger partial charge >= 0.3 is 0 Å². The summed E-state index contributed by atoms with van der Waals surface area (Å²) in [6.07, 6.45) is 3.27. The second-order valence-electron chi connectivity index (χ2n) is 0.885. The molecule has 0 amide bonds. The summed E-state index contributed by atoms with van der Waals surface area (Å²) in [5, 5.41) is 3.22. The van der Waals surface area contributed by atoms with Gasteiger partial charge < -0.3 is 0 Å². The Morgan fingerprint density at radius 3 is 3.00 bits per heavy atom. The fraction of sp³-hybridized carbons (Fsp3) is 0.250. The molecule has 0 bridgehead atoms. The predicted octanol–water partition coefficient (Wildman–Crippen LogP) is 1.69. The molecule has 3 heteroatoms. The second-order valence-corrected chi connectivity index (χ2v) is 0.885. The van der Waals surface area contributed by atoms with Crippen LogP contribution in [0.5, 0.6) is 0 Å². The predicted molar refractivity (Wildman–Crippen MR) is 28.5 cm³/mol. The molecule has 1 radical (unpaired) electrons. The van der Waals surface area contributed by atoms with Crippen molar-refractivity contribution in [1.29, 1.82) is 0 Å². The lowest BCUT2D eigenvalue weighted by Crippen LogP contribution is -1.61. The van der Waals surface area contributed by atoms with E-state index in [0.717, 1.165) is 0 Å². The molecule has 37 valence electrons. The minimum Gasteiger partial charge on any atom is -0.0899 e. The average Bonchev–Trinajstić information content (AvgIpc) is 1.69. The first-order valence-electron chi connectivity index (χ1n) is 1.87. The van der Waals surface area contributed by atoms with Crippen LogP contribution in [0, 0.1) is 6.92 Å². The molecule has 0 aliphatic rings. The molecule has 7 heavy (non-hydrogen) atoms. The van der Waals surface area contributed by atoms with Crippen molar-refractivity contribution >= 4 is 0 Å². The van der Waals surface area contributed by atoms with Gasteiger partial charge in [0.1, 0.15) is 0 Å². The zero-order valence-corrected chi connectivity index (χ0v) is 3.91. The number of hydrogen-bond donors (Lipinski definition) is 0. The molecule has 0 unspecified atom stereocenters. The standard InChI is InChI=1S/C4H6N3/c1-2-3-4-6-7-5/h2-3H,1,4H2. The molecular weight excluding hydrogens is 90.1 g/mol. The molecule has 0 atom stereocenters. The Hall–Kier alpha value is -0.950. The molecule has 3 nitrogen and oxygen atoms in total. The first-order chi connectivity index (χ1) is 3.41. The molecule has 0 N–H and O–H groups in total. The van der Waals surface area contributed by atoms with Crippen LogP contribution in [0.4, 0.5) is 0 Å². The molecule has 0 aromatic heterocycles. The van der Waals surface area contributed by atoms with Crippen molar-refractivity contribution in [3.05, 3.63) is 29.5 Å². The third kappa shape index (κ3) is 5.05. The molecule has 0 aromatic rings. The normalized spacial score (nSPS) is 8.71. The number of hydrogen-bond acceptors (Lipinski definition) is 1. The monoisotopic (exact) mass is 96.1 g/mol. The van der Waals surface area contributed by atoms with Crippen molar-refractivity contribution in [1.82, 2.24) is 0 Å². The third-order valence-electron chi connectivity index (χ3n) is 0.417. The van der Waals surface area contributed by atoms with Crippen molar-refractivity contribution < 1.29 is 0 Å². The minimum absolute atomic E-state index is 0.403. The van der Waals surface area contributed by atoms with E-state index < -0.39 is 0 Å². The van der Waals surface area contributed by atoms with Crippen LogP contribution in [0.2, 0.25) is 0 Å². The quantitative estimate of drug-likeness (QED) is 0.285. The van der Waals surface area contributed by atoms with Gasteiger partial charge in [0.25, 0.3) is 0 Å². The fourth-order valence-electron chi connectivity index (χ4n) is 0.158. The van der Waals surface area contributed by atoms with E-state index in [4.69, 9.17) is 5.53 Å². The smallest absolute Gasteiger partial charge is 0.0440 e. The highest BCUT2D eigenvalue weighted by Gasteiger charge is 1.61. The lowest BCUT2D eigenvalue weighted by atomic mass is 10.5. The average molecular weight is 96.1 g/mol. The van der Waals surface area contributed by atoms with E-state index in [1.807, 2.05) is 0 Å². The Labute approximate surface area is 42.3 Å². The van der Waals surface area contributed by atoms with Crippen LogP contribution in [0.25, 0.3) is 10.4 Å². The largest absolute Gasteiger partial charge is 0.0899 e. The Bertz CT molecular complexity index is 99.5. The Morgan fingerprint density at radius 1 is 1.86 bits per heavy atom. The highest BCUT2D eigenvalue weighted by Crippen LogP contribution is 1.72. The van der Waals surface area contributed by atoms with Crippen molar-refractivity contribution in [2.45, 2.75) is 0 Å². The molecule has 0 rings (SSSR count). The maximum atomic E-state index is 7.70. The summed E-state index contributed by atoms with van der Waals surface area (Å²) in [5.41, 5.74) is 7.70. The first kappa shape index (κ1) is 6.05. The van der Waals surface area contributed by atoms with Crippen LogP contribution < -0.4 is 0 Å². The van der Waals surface area contributed by atoms with Crippen LogP contribution in [-0.4, -0.2) is 6.54 Å². The van der Waals surface area contributed by atoms with Gasteiger partial charge in [-0.05, 0) is 12.5 Å². The molecular formula is C4H6N3. The number of azide groups is 1. The van der Waals surface area contributed by atoms with E-state index in [9.17, 15) is 0 Å². The zero-order chi connectivity index (χ0) is 5.54. The second kappa shape index (κ2) is 5.05. The van der Waals surface area contributed by atoms with Gasteiger partial charge in [0.2, 0.25) is 0 Å². The first-order valence-corrected chi connectivity index (χ1v) is 1.87. The van der Waals surface area contributed by atoms with Crippen LogP contribution >= 0.6 is 0 Å². The number of nitrogens with zero attached hydrogens (tertiary/aromatic N) is 3. The van der Waals surface area contributed by atoms with Gasteiger partial charge in [0.15, 0.2) is 0 Å². The molecule has 0 aliphatic carbocycles. The van der Waals surface area contributed by atoms with E-state index in [1.54, 1.807) is 12.2 Å². The SMILES string of the molecule is [CH2]C=CCN=[N+]=[N-]. The maximum Gasteiger partial charge on any atom is 0.0440 e. The van der Waals surface area contributed by atoms with Gasteiger partial charge in [-0.1, -0.05) is 17.3 Å². The van der Waals surface area contributed by atoms with Crippen molar-refractivity contribution in [2.75, 3.05) is 6.54 Å². The van der Waals surface area contributed by atoms with E-state index in [1.165, 1.54) is 0 Å².